The summed E-state index contributed by atoms with van der Waals surface area (Å²) in [5.74, 6) is -0.195. The topological polar surface area (TPSA) is 55.2 Å². The van der Waals surface area contributed by atoms with Gasteiger partial charge in [0, 0.05) is 13.6 Å². The van der Waals surface area contributed by atoms with E-state index in [1.807, 2.05) is 11.4 Å². The number of amides is 1. The first-order valence-corrected chi connectivity index (χ1v) is 8.70. The quantitative estimate of drug-likeness (QED) is 0.695. The lowest BCUT2D eigenvalue weighted by atomic mass is 10.2. The van der Waals surface area contributed by atoms with Crippen LogP contribution in [-0.2, 0) is 17.9 Å². The van der Waals surface area contributed by atoms with Crippen molar-refractivity contribution in [2.45, 2.75) is 13.1 Å². The second kappa shape index (κ2) is 6.93. The molecule has 8 heteroatoms. The van der Waals surface area contributed by atoms with Gasteiger partial charge in [-0.1, -0.05) is 29.3 Å². The van der Waals surface area contributed by atoms with Crippen LogP contribution in [0.2, 0.25) is 10.0 Å². The first kappa shape index (κ1) is 17.0. The van der Waals surface area contributed by atoms with Crippen molar-refractivity contribution in [3.63, 3.8) is 0 Å². The first-order valence-electron chi connectivity index (χ1n) is 7.06. The smallest absolute Gasteiger partial charge is 0.262 e. The summed E-state index contributed by atoms with van der Waals surface area (Å²) in [6, 6.07) is 6.94. The Morgan fingerprint density at radius 1 is 1.29 bits per heavy atom. The summed E-state index contributed by atoms with van der Waals surface area (Å²) in [5, 5.41) is 3.25. The normalized spacial score (nSPS) is 11.0. The van der Waals surface area contributed by atoms with Crippen molar-refractivity contribution in [3.05, 3.63) is 61.9 Å². The SMILES string of the molecule is CN(Cc1ccc(Cl)c(Cl)c1)C(=O)Cn1cnc2sccc2c1=O. The molecule has 0 radical (unpaired) electrons. The number of hydrogen-bond donors (Lipinski definition) is 0. The number of carbonyl (C=O) groups excluding carboxylic acids is 1. The van der Waals surface area contributed by atoms with Crippen LogP contribution >= 0.6 is 34.5 Å². The summed E-state index contributed by atoms with van der Waals surface area (Å²) in [4.78, 5) is 31.1. The van der Waals surface area contributed by atoms with Crippen LogP contribution in [0.5, 0.6) is 0 Å². The highest BCUT2D eigenvalue weighted by atomic mass is 35.5. The number of aromatic nitrogens is 2. The van der Waals surface area contributed by atoms with Gasteiger partial charge in [-0.2, -0.15) is 0 Å². The molecule has 24 heavy (non-hydrogen) atoms. The van der Waals surface area contributed by atoms with Gasteiger partial charge >= 0.3 is 0 Å². The summed E-state index contributed by atoms with van der Waals surface area (Å²) in [7, 11) is 1.67. The number of nitrogens with zero attached hydrogens (tertiary/aromatic N) is 3. The molecule has 0 atom stereocenters. The third-order valence-corrected chi connectivity index (χ3v) is 5.15. The molecule has 3 aromatic rings. The molecule has 2 heterocycles. The first-order chi connectivity index (χ1) is 11.5. The maximum absolute atomic E-state index is 12.4. The van der Waals surface area contributed by atoms with Crippen molar-refractivity contribution in [2.75, 3.05) is 7.05 Å². The van der Waals surface area contributed by atoms with E-state index in [9.17, 15) is 9.59 Å². The minimum Gasteiger partial charge on any atom is -0.340 e. The number of benzene rings is 1. The zero-order chi connectivity index (χ0) is 17.3. The maximum Gasteiger partial charge on any atom is 0.262 e. The highest BCUT2D eigenvalue weighted by Crippen LogP contribution is 2.23. The van der Waals surface area contributed by atoms with Gasteiger partial charge in [-0.3, -0.25) is 14.2 Å². The highest BCUT2D eigenvalue weighted by molar-refractivity contribution is 7.16. The van der Waals surface area contributed by atoms with Crippen molar-refractivity contribution >= 4 is 50.7 Å². The third kappa shape index (κ3) is 3.45. The largest absolute Gasteiger partial charge is 0.340 e. The molecular weight excluding hydrogens is 369 g/mol. The third-order valence-electron chi connectivity index (χ3n) is 3.59. The van der Waals surface area contributed by atoms with Crippen LogP contribution in [0, 0.1) is 0 Å². The molecule has 2 aromatic heterocycles. The minimum atomic E-state index is -0.211. The molecule has 0 saturated carbocycles. The van der Waals surface area contributed by atoms with Gasteiger partial charge in [0.2, 0.25) is 5.91 Å². The summed E-state index contributed by atoms with van der Waals surface area (Å²) < 4.78 is 1.32. The number of hydrogen-bond acceptors (Lipinski definition) is 4. The Bertz CT molecular complexity index is 967. The van der Waals surface area contributed by atoms with Gasteiger partial charge in [-0.25, -0.2) is 4.98 Å². The number of halogens is 2. The van der Waals surface area contributed by atoms with Gasteiger partial charge in [0.25, 0.3) is 5.56 Å². The molecule has 0 fully saturated rings. The van der Waals surface area contributed by atoms with Crippen molar-refractivity contribution < 1.29 is 4.79 Å². The van der Waals surface area contributed by atoms with Crippen LogP contribution in [0.25, 0.3) is 10.2 Å². The molecule has 0 aliphatic heterocycles. The van der Waals surface area contributed by atoms with E-state index >= 15 is 0 Å². The van der Waals surface area contributed by atoms with E-state index in [0.717, 1.165) is 5.56 Å². The van der Waals surface area contributed by atoms with Gasteiger partial charge < -0.3 is 4.90 Å². The molecule has 0 aliphatic rings. The van der Waals surface area contributed by atoms with Crippen molar-refractivity contribution in [2.24, 2.45) is 0 Å². The molecule has 0 aliphatic carbocycles. The number of thiophene rings is 1. The van der Waals surface area contributed by atoms with Gasteiger partial charge in [-0.05, 0) is 29.1 Å². The lowest BCUT2D eigenvalue weighted by molar-refractivity contribution is -0.131. The summed E-state index contributed by atoms with van der Waals surface area (Å²) >= 11 is 13.3. The van der Waals surface area contributed by atoms with Crippen molar-refractivity contribution in [3.8, 4) is 0 Å². The Balaban J connectivity index is 1.74. The summed E-state index contributed by atoms with van der Waals surface area (Å²) in [5.41, 5.74) is 0.650. The zero-order valence-electron chi connectivity index (χ0n) is 12.7. The van der Waals surface area contributed by atoms with E-state index in [4.69, 9.17) is 23.2 Å². The number of rotatable bonds is 4. The Hall–Kier alpha value is -1.89. The fraction of sp³-hybridized carbons (Fsp3) is 0.188. The second-order valence-corrected chi connectivity index (χ2v) is 7.02. The molecule has 1 amide bonds. The fourth-order valence-corrected chi connectivity index (χ4v) is 3.32. The minimum absolute atomic E-state index is 0.0601. The van der Waals surface area contributed by atoms with Crippen molar-refractivity contribution in [1.29, 1.82) is 0 Å². The lowest BCUT2D eigenvalue weighted by Crippen LogP contribution is -2.33. The standard InChI is InChI=1S/C16H13Cl2N3O2S/c1-20(7-10-2-3-12(17)13(18)6-10)14(22)8-21-9-19-15-11(16(21)23)4-5-24-15/h2-6,9H,7-8H2,1H3. The Kier molecular flexibility index (Phi) is 4.89. The predicted molar refractivity (Wildman–Crippen MR) is 96.8 cm³/mol. The molecule has 3 rings (SSSR count). The van der Waals surface area contributed by atoms with Gasteiger partial charge in [-0.15, -0.1) is 11.3 Å². The molecule has 0 saturated heterocycles. The Labute approximate surface area is 152 Å². The average Bonchev–Trinajstić information content (AvgIpc) is 3.03. The van der Waals surface area contributed by atoms with Crippen LogP contribution in [-0.4, -0.2) is 27.4 Å². The fourth-order valence-electron chi connectivity index (χ4n) is 2.27. The average molecular weight is 382 g/mol. The highest BCUT2D eigenvalue weighted by Gasteiger charge is 2.13. The van der Waals surface area contributed by atoms with Crippen molar-refractivity contribution in [1.82, 2.24) is 14.5 Å². The second-order valence-electron chi connectivity index (χ2n) is 5.32. The van der Waals surface area contributed by atoms with Crippen LogP contribution in [0.15, 0.2) is 40.8 Å². The lowest BCUT2D eigenvalue weighted by Gasteiger charge is -2.18. The number of fused-ring (bicyclic) bond motifs is 1. The molecule has 0 bridgehead atoms. The number of likely N-dealkylation sites (N-methyl/N-ethyl adjacent to an activating group) is 1. The van der Waals surface area contributed by atoms with E-state index in [1.54, 1.807) is 25.2 Å². The van der Waals surface area contributed by atoms with Crippen LogP contribution < -0.4 is 5.56 Å². The molecule has 1 aromatic carbocycles. The van der Waals surface area contributed by atoms with E-state index in [2.05, 4.69) is 4.98 Å². The molecule has 0 unspecified atom stereocenters. The van der Waals surface area contributed by atoms with E-state index in [0.29, 0.717) is 26.8 Å². The van der Waals surface area contributed by atoms with Crippen LogP contribution in [0.1, 0.15) is 5.56 Å². The summed E-state index contributed by atoms with van der Waals surface area (Å²) in [6.45, 7) is 0.314. The Morgan fingerprint density at radius 3 is 2.83 bits per heavy atom. The van der Waals surface area contributed by atoms with Gasteiger partial charge in [0.1, 0.15) is 11.4 Å². The summed E-state index contributed by atoms with van der Waals surface area (Å²) in [6.07, 6.45) is 1.41. The molecule has 0 N–H and O–H groups in total. The van der Waals surface area contributed by atoms with Gasteiger partial charge in [0.05, 0.1) is 21.8 Å². The van der Waals surface area contributed by atoms with Crippen LogP contribution in [0.4, 0.5) is 0 Å². The van der Waals surface area contributed by atoms with Crippen LogP contribution in [0.3, 0.4) is 0 Å². The molecule has 5 nitrogen and oxygen atoms in total. The van der Waals surface area contributed by atoms with E-state index in [1.165, 1.54) is 27.1 Å². The maximum atomic E-state index is 12.4. The predicted octanol–water partition coefficient (Wildman–Crippen LogP) is 3.42. The molecular formula is C16H13Cl2N3O2S. The zero-order valence-corrected chi connectivity index (χ0v) is 15.0. The molecule has 0 spiro atoms. The van der Waals surface area contributed by atoms with Gasteiger partial charge in [0.15, 0.2) is 0 Å². The van der Waals surface area contributed by atoms with E-state index in [-0.39, 0.29) is 18.0 Å². The number of carbonyl (C=O) groups is 1. The Morgan fingerprint density at radius 2 is 2.08 bits per heavy atom. The monoisotopic (exact) mass is 381 g/mol. The van der Waals surface area contributed by atoms with E-state index < -0.39 is 0 Å². The molecule has 124 valence electrons.